The smallest absolute Gasteiger partial charge is 0.258 e. The van der Waals surface area contributed by atoms with Gasteiger partial charge in [0.2, 0.25) is 5.95 Å². The van der Waals surface area contributed by atoms with Gasteiger partial charge in [0.05, 0.1) is 5.56 Å². The molecule has 1 heterocycles. The molecule has 0 fully saturated rings. The van der Waals surface area contributed by atoms with Gasteiger partial charge in [-0.1, -0.05) is 18.2 Å². The molecule has 0 saturated carbocycles. The number of nitrogens with zero attached hydrogens (tertiary/aromatic N) is 2. The fourth-order valence-electron chi connectivity index (χ4n) is 2.15. The maximum atomic E-state index is 12.3. The second-order valence-corrected chi connectivity index (χ2v) is 5.29. The van der Waals surface area contributed by atoms with Gasteiger partial charge in [0.25, 0.3) is 5.91 Å². The fourth-order valence-corrected chi connectivity index (χ4v) is 2.15. The Kier molecular flexibility index (Phi) is 6.05. The maximum absolute atomic E-state index is 12.3. The van der Waals surface area contributed by atoms with Crippen LogP contribution in [0.4, 0.5) is 11.6 Å². The first-order chi connectivity index (χ1) is 11.1. The molecule has 0 spiro atoms. The predicted molar refractivity (Wildman–Crippen MR) is 90.9 cm³/mol. The number of nitrogens with one attached hydrogen (secondary N) is 2. The van der Waals surface area contributed by atoms with Crippen molar-refractivity contribution in [2.45, 2.75) is 20.3 Å². The van der Waals surface area contributed by atoms with Gasteiger partial charge in [-0.3, -0.25) is 4.79 Å². The molecular formula is C17H22N4O2. The monoisotopic (exact) mass is 314 g/mol. The maximum Gasteiger partial charge on any atom is 0.258 e. The van der Waals surface area contributed by atoms with Crippen LogP contribution in [0, 0.1) is 13.8 Å². The Labute approximate surface area is 136 Å². The van der Waals surface area contributed by atoms with E-state index in [1.165, 1.54) is 12.4 Å². The number of aromatic nitrogens is 2. The Morgan fingerprint density at radius 1 is 1.17 bits per heavy atom. The molecule has 0 bridgehead atoms. The topological polar surface area (TPSA) is 76.1 Å². The first-order valence-electron chi connectivity index (χ1n) is 7.54. The molecular weight excluding hydrogens is 292 g/mol. The number of anilines is 2. The number of aryl methyl sites for hydroxylation is 2. The highest BCUT2D eigenvalue weighted by molar-refractivity contribution is 6.04. The van der Waals surface area contributed by atoms with Crippen LogP contribution < -0.4 is 10.6 Å². The molecule has 122 valence electrons. The molecule has 2 aromatic rings. The zero-order valence-corrected chi connectivity index (χ0v) is 13.7. The van der Waals surface area contributed by atoms with Crippen LogP contribution in [0.15, 0.2) is 30.6 Å². The normalized spacial score (nSPS) is 10.4. The van der Waals surface area contributed by atoms with E-state index in [9.17, 15) is 4.79 Å². The number of carbonyl (C=O) groups is 1. The summed E-state index contributed by atoms with van der Waals surface area (Å²) in [5.41, 5.74) is 3.31. The van der Waals surface area contributed by atoms with E-state index >= 15 is 0 Å². The van der Waals surface area contributed by atoms with Crippen molar-refractivity contribution >= 4 is 17.5 Å². The van der Waals surface area contributed by atoms with E-state index < -0.39 is 0 Å². The largest absolute Gasteiger partial charge is 0.385 e. The number of ether oxygens (including phenoxy) is 1. The standard InChI is InChI=1S/C17H22N4O2/c1-12-6-4-7-13(2)15(12)21-16(22)14-10-19-17(20-11-14)18-8-5-9-23-3/h4,6-7,10-11H,5,8-9H2,1-3H3,(H,21,22)(H,18,19,20). The van der Waals surface area contributed by atoms with E-state index in [0.29, 0.717) is 18.1 Å². The van der Waals surface area contributed by atoms with E-state index in [0.717, 1.165) is 29.8 Å². The predicted octanol–water partition coefficient (Wildman–Crippen LogP) is 2.79. The number of amides is 1. The average molecular weight is 314 g/mol. The van der Waals surface area contributed by atoms with E-state index in [-0.39, 0.29) is 5.91 Å². The lowest BCUT2D eigenvalue weighted by Crippen LogP contribution is -2.15. The van der Waals surface area contributed by atoms with Crippen LogP contribution in [0.2, 0.25) is 0 Å². The molecule has 1 aromatic carbocycles. The van der Waals surface area contributed by atoms with E-state index in [4.69, 9.17) is 4.74 Å². The second-order valence-electron chi connectivity index (χ2n) is 5.29. The molecule has 1 amide bonds. The zero-order chi connectivity index (χ0) is 16.7. The van der Waals surface area contributed by atoms with Crippen molar-refractivity contribution in [1.29, 1.82) is 0 Å². The third kappa shape index (κ3) is 4.75. The molecule has 1 aromatic heterocycles. The van der Waals surface area contributed by atoms with Crippen LogP contribution in [-0.4, -0.2) is 36.1 Å². The molecule has 6 heteroatoms. The number of hydrogen-bond donors (Lipinski definition) is 2. The van der Waals surface area contributed by atoms with Crippen molar-refractivity contribution in [1.82, 2.24) is 9.97 Å². The molecule has 2 rings (SSSR count). The summed E-state index contributed by atoms with van der Waals surface area (Å²) in [5, 5.41) is 6.00. The van der Waals surface area contributed by atoms with Gasteiger partial charge in [0.15, 0.2) is 0 Å². The lowest BCUT2D eigenvalue weighted by atomic mass is 10.1. The summed E-state index contributed by atoms with van der Waals surface area (Å²) >= 11 is 0. The SMILES string of the molecule is COCCCNc1ncc(C(=O)Nc2c(C)cccc2C)cn1. The van der Waals surface area contributed by atoms with Gasteiger partial charge >= 0.3 is 0 Å². The Bertz CT molecular complexity index is 636. The highest BCUT2D eigenvalue weighted by Crippen LogP contribution is 2.20. The molecule has 2 N–H and O–H groups in total. The van der Waals surface area contributed by atoms with Gasteiger partial charge in [-0.05, 0) is 31.4 Å². The first-order valence-corrected chi connectivity index (χ1v) is 7.54. The van der Waals surface area contributed by atoms with Gasteiger partial charge in [-0.15, -0.1) is 0 Å². The van der Waals surface area contributed by atoms with Gasteiger partial charge in [0.1, 0.15) is 0 Å². The van der Waals surface area contributed by atoms with Gasteiger partial charge < -0.3 is 15.4 Å². The van der Waals surface area contributed by atoms with E-state index in [1.54, 1.807) is 7.11 Å². The van der Waals surface area contributed by atoms with Crippen LogP contribution in [0.3, 0.4) is 0 Å². The third-order valence-electron chi connectivity index (χ3n) is 3.44. The van der Waals surface area contributed by atoms with Crippen molar-refractivity contribution in [2.24, 2.45) is 0 Å². The summed E-state index contributed by atoms with van der Waals surface area (Å²) in [6, 6.07) is 5.89. The quantitative estimate of drug-likeness (QED) is 0.769. The Hall–Kier alpha value is -2.47. The summed E-state index contributed by atoms with van der Waals surface area (Å²) in [5.74, 6) is 0.290. The summed E-state index contributed by atoms with van der Waals surface area (Å²) in [7, 11) is 1.67. The summed E-state index contributed by atoms with van der Waals surface area (Å²) < 4.78 is 4.97. The average Bonchev–Trinajstić information content (AvgIpc) is 2.55. The minimum absolute atomic E-state index is 0.215. The molecule has 0 atom stereocenters. The Morgan fingerprint density at radius 3 is 2.43 bits per heavy atom. The number of carbonyl (C=O) groups excluding carboxylic acids is 1. The van der Waals surface area contributed by atoms with Crippen LogP contribution >= 0.6 is 0 Å². The summed E-state index contributed by atoms with van der Waals surface area (Å²) in [6.07, 6.45) is 3.91. The van der Waals surface area contributed by atoms with Crippen molar-refractivity contribution in [2.75, 3.05) is 30.9 Å². The van der Waals surface area contributed by atoms with Gasteiger partial charge in [-0.25, -0.2) is 9.97 Å². The number of hydrogen-bond acceptors (Lipinski definition) is 5. The molecule has 0 aliphatic heterocycles. The van der Waals surface area contributed by atoms with Crippen molar-refractivity contribution in [3.05, 3.63) is 47.3 Å². The molecule has 0 aliphatic carbocycles. The molecule has 0 unspecified atom stereocenters. The van der Waals surface area contributed by atoms with Crippen LogP contribution in [0.25, 0.3) is 0 Å². The number of para-hydroxylation sites is 1. The lowest BCUT2D eigenvalue weighted by Gasteiger charge is -2.11. The minimum Gasteiger partial charge on any atom is -0.385 e. The second kappa shape index (κ2) is 8.24. The minimum atomic E-state index is -0.215. The number of methoxy groups -OCH3 is 1. The Morgan fingerprint density at radius 2 is 1.83 bits per heavy atom. The van der Waals surface area contributed by atoms with Crippen LogP contribution in [-0.2, 0) is 4.74 Å². The van der Waals surface area contributed by atoms with Crippen molar-refractivity contribution in [3.8, 4) is 0 Å². The lowest BCUT2D eigenvalue weighted by molar-refractivity contribution is 0.102. The van der Waals surface area contributed by atoms with E-state index in [1.807, 2.05) is 32.0 Å². The fraction of sp³-hybridized carbons (Fsp3) is 0.353. The first kappa shape index (κ1) is 16.9. The van der Waals surface area contributed by atoms with Gasteiger partial charge in [-0.2, -0.15) is 0 Å². The molecule has 0 saturated heterocycles. The highest BCUT2D eigenvalue weighted by Gasteiger charge is 2.10. The molecule has 23 heavy (non-hydrogen) atoms. The number of benzene rings is 1. The summed E-state index contributed by atoms with van der Waals surface area (Å²) in [6.45, 7) is 5.34. The molecule has 0 aliphatic rings. The van der Waals surface area contributed by atoms with Crippen molar-refractivity contribution < 1.29 is 9.53 Å². The number of rotatable bonds is 7. The van der Waals surface area contributed by atoms with Gasteiger partial charge in [0, 0.05) is 38.3 Å². The Balaban J connectivity index is 1.97. The van der Waals surface area contributed by atoms with Crippen LogP contribution in [0.5, 0.6) is 0 Å². The third-order valence-corrected chi connectivity index (χ3v) is 3.44. The summed E-state index contributed by atoms with van der Waals surface area (Å²) in [4.78, 5) is 20.6. The highest BCUT2D eigenvalue weighted by atomic mass is 16.5. The van der Waals surface area contributed by atoms with Crippen LogP contribution in [0.1, 0.15) is 27.9 Å². The van der Waals surface area contributed by atoms with E-state index in [2.05, 4.69) is 20.6 Å². The molecule has 6 nitrogen and oxygen atoms in total. The zero-order valence-electron chi connectivity index (χ0n) is 13.7. The molecule has 0 radical (unpaired) electrons. The van der Waals surface area contributed by atoms with Crippen molar-refractivity contribution in [3.63, 3.8) is 0 Å².